The molecule has 0 aliphatic carbocycles. The van der Waals surface area contributed by atoms with Crippen molar-refractivity contribution in [1.29, 1.82) is 0 Å². The summed E-state index contributed by atoms with van der Waals surface area (Å²) in [5.74, 6) is -1.71. The van der Waals surface area contributed by atoms with Crippen molar-refractivity contribution in [2.75, 3.05) is 20.9 Å². The summed E-state index contributed by atoms with van der Waals surface area (Å²) < 4.78 is 26.8. The summed E-state index contributed by atoms with van der Waals surface area (Å²) in [7, 11) is 2.48. The lowest BCUT2D eigenvalue weighted by Crippen LogP contribution is -2.45. The fourth-order valence-corrected chi connectivity index (χ4v) is 2.43. The topological polar surface area (TPSA) is 90.9 Å². The summed E-state index contributed by atoms with van der Waals surface area (Å²) in [6.07, 6.45) is 2.46. The van der Waals surface area contributed by atoms with Gasteiger partial charge in [-0.3, -0.25) is 9.18 Å². The van der Waals surface area contributed by atoms with E-state index in [1.165, 1.54) is 14.2 Å². The van der Waals surface area contributed by atoms with Crippen LogP contribution in [0.3, 0.4) is 0 Å². The summed E-state index contributed by atoms with van der Waals surface area (Å²) in [5.41, 5.74) is -0.719. The molecule has 0 bridgehead atoms. The molecule has 0 rings (SSSR count). The Bertz CT molecular complexity index is 449. The molecular formula is C18H32FNO6. The van der Waals surface area contributed by atoms with Crippen LogP contribution in [-0.4, -0.2) is 50.6 Å². The maximum absolute atomic E-state index is 12.1. The van der Waals surface area contributed by atoms with Crippen LogP contribution < -0.4 is 5.32 Å². The molecular weight excluding hydrogens is 344 g/mol. The summed E-state index contributed by atoms with van der Waals surface area (Å²) >= 11 is 0. The molecule has 7 nitrogen and oxygen atoms in total. The first-order valence-electron chi connectivity index (χ1n) is 8.85. The summed E-state index contributed by atoms with van der Waals surface area (Å²) in [6, 6.07) is -1.02. The number of carbonyl (C=O) groups is 3. The lowest BCUT2D eigenvalue weighted by molar-refractivity contribution is -0.148. The Hall–Kier alpha value is -1.86. The number of rotatable bonds is 11. The predicted molar refractivity (Wildman–Crippen MR) is 94.4 cm³/mol. The molecule has 0 spiro atoms. The minimum Gasteiger partial charge on any atom is -0.469 e. The molecule has 152 valence electrons. The fourth-order valence-electron chi connectivity index (χ4n) is 2.43. The molecule has 0 fully saturated rings. The first-order chi connectivity index (χ1) is 12.1. The van der Waals surface area contributed by atoms with E-state index in [0.29, 0.717) is 19.3 Å². The molecule has 26 heavy (non-hydrogen) atoms. The number of alkyl carbamates (subject to hydrolysis) is 1. The number of hydrogen-bond donors (Lipinski definition) is 1. The molecule has 0 radical (unpaired) electrons. The van der Waals surface area contributed by atoms with Gasteiger partial charge in [0.1, 0.15) is 11.6 Å². The van der Waals surface area contributed by atoms with Crippen molar-refractivity contribution >= 4 is 18.0 Å². The Morgan fingerprint density at radius 2 is 1.54 bits per heavy atom. The third-order valence-electron chi connectivity index (χ3n) is 3.67. The van der Waals surface area contributed by atoms with Gasteiger partial charge in [-0.2, -0.15) is 0 Å². The Balaban J connectivity index is 4.88. The van der Waals surface area contributed by atoms with E-state index in [-0.39, 0.29) is 13.1 Å². The highest BCUT2D eigenvalue weighted by Crippen LogP contribution is 2.19. The maximum Gasteiger partial charge on any atom is 0.408 e. The highest BCUT2D eigenvalue weighted by atomic mass is 18.2. The van der Waals surface area contributed by atoms with Crippen molar-refractivity contribution in [2.45, 2.75) is 70.9 Å². The van der Waals surface area contributed by atoms with Crippen LogP contribution in [0.4, 0.5) is 9.18 Å². The number of halogens is 1. The van der Waals surface area contributed by atoms with Gasteiger partial charge in [0.05, 0.1) is 26.8 Å². The Kier molecular flexibility index (Phi) is 11.6. The van der Waals surface area contributed by atoms with Gasteiger partial charge < -0.3 is 19.5 Å². The third kappa shape index (κ3) is 10.9. The lowest BCUT2D eigenvalue weighted by atomic mass is 9.93. The van der Waals surface area contributed by atoms with E-state index < -0.39 is 35.6 Å². The number of unbranched alkanes of at least 4 members (excludes halogenated alkanes) is 3. The number of amides is 1. The Morgan fingerprint density at radius 1 is 0.962 bits per heavy atom. The quantitative estimate of drug-likeness (QED) is 0.338. The Labute approximate surface area is 154 Å². The van der Waals surface area contributed by atoms with Gasteiger partial charge in [-0.1, -0.05) is 19.3 Å². The van der Waals surface area contributed by atoms with Crippen LogP contribution in [0.15, 0.2) is 0 Å². The zero-order valence-electron chi connectivity index (χ0n) is 16.4. The first-order valence-corrected chi connectivity index (χ1v) is 8.85. The standard InChI is InChI=1S/C18H32FNO6/c1-18(2,3)26-17(23)20-14(16(22)25-5)12-13(15(21)24-4)10-8-6-7-9-11-19/h13-14H,6-12H2,1-5H3,(H,20,23)/t13-,14-/m0/s1/i19-1. The van der Waals surface area contributed by atoms with Gasteiger partial charge in [0.15, 0.2) is 0 Å². The van der Waals surface area contributed by atoms with Crippen molar-refractivity contribution in [3.63, 3.8) is 0 Å². The minimum absolute atomic E-state index is 0.0434. The van der Waals surface area contributed by atoms with E-state index in [4.69, 9.17) is 14.2 Å². The lowest BCUT2D eigenvalue weighted by Gasteiger charge is -2.24. The summed E-state index contributed by atoms with van der Waals surface area (Å²) in [6.45, 7) is 4.75. The van der Waals surface area contributed by atoms with E-state index in [9.17, 15) is 18.8 Å². The first kappa shape index (κ1) is 24.1. The van der Waals surface area contributed by atoms with Gasteiger partial charge >= 0.3 is 18.0 Å². The molecule has 2 atom stereocenters. The van der Waals surface area contributed by atoms with Crippen LogP contribution >= 0.6 is 0 Å². The van der Waals surface area contributed by atoms with Crippen LogP contribution in [-0.2, 0) is 23.8 Å². The molecule has 0 aromatic heterocycles. The molecule has 8 heteroatoms. The second-order valence-electron chi connectivity index (χ2n) is 7.07. The van der Waals surface area contributed by atoms with Gasteiger partial charge in [0, 0.05) is 0 Å². The smallest absolute Gasteiger partial charge is 0.408 e. The van der Waals surface area contributed by atoms with Crippen molar-refractivity contribution in [3.05, 3.63) is 0 Å². The number of methoxy groups -OCH3 is 2. The highest BCUT2D eigenvalue weighted by molar-refractivity contribution is 5.82. The van der Waals surface area contributed by atoms with Crippen LogP contribution in [0.2, 0.25) is 0 Å². The van der Waals surface area contributed by atoms with Crippen molar-refractivity contribution in [2.24, 2.45) is 5.92 Å². The third-order valence-corrected chi connectivity index (χ3v) is 3.67. The minimum atomic E-state index is -1.02. The van der Waals surface area contributed by atoms with E-state index in [1.54, 1.807) is 20.8 Å². The number of hydrogen-bond acceptors (Lipinski definition) is 6. The van der Waals surface area contributed by atoms with Crippen LogP contribution in [0.5, 0.6) is 0 Å². The van der Waals surface area contributed by atoms with E-state index in [0.717, 1.165) is 12.8 Å². The second-order valence-corrected chi connectivity index (χ2v) is 7.07. The van der Waals surface area contributed by atoms with Crippen LogP contribution in [0, 0.1) is 5.92 Å². The van der Waals surface area contributed by atoms with Crippen LogP contribution in [0.25, 0.3) is 0 Å². The van der Waals surface area contributed by atoms with E-state index in [2.05, 4.69) is 5.32 Å². The van der Waals surface area contributed by atoms with Gasteiger partial charge in [0.25, 0.3) is 0 Å². The van der Waals surface area contributed by atoms with Crippen LogP contribution in [0.1, 0.15) is 59.3 Å². The number of ether oxygens (including phenoxy) is 3. The average molecular weight is 376 g/mol. The molecule has 0 saturated heterocycles. The fraction of sp³-hybridized carbons (Fsp3) is 0.833. The molecule has 0 heterocycles. The monoisotopic (exact) mass is 376 g/mol. The molecule has 0 saturated carbocycles. The van der Waals surface area contributed by atoms with E-state index in [1.807, 2.05) is 0 Å². The van der Waals surface area contributed by atoms with E-state index >= 15 is 0 Å². The molecule has 0 aromatic rings. The average Bonchev–Trinajstić information content (AvgIpc) is 2.56. The SMILES string of the molecule is COC(=O)[C@@H](CCCCCC[18F])C[C@H](NC(=O)OC(C)(C)C)C(=O)OC. The van der Waals surface area contributed by atoms with Crippen molar-refractivity contribution in [1.82, 2.24) is 5.32 Å². The number of esters is 2. The number of alkyl halides is 1. The molecule has 0 aromatic carbocycles. The maximum atomic E-state index is 12.1. The molecule has 0 aliphatic heterocycles. The molecule has 0 unspecified atom stereocenters. The van der Waals surface area contributed by atoms with Gasteiger partial charge in [-0.15, -0.1) is 0 Å². The molecule has 1 amide bonds. The Morgan fingerprint density at radius 3 is 2.04 bits per heavy atom. The molecule has 1 N–H and O–H groups in total. The normalized spacial score (nSPS) is 13.5. The van der Waals surface area contributed by atoms with Crippen molar-refractivity contribution in [3.8, 4) is 0 Å². The zero-order chi connectivity index (χ0) is 20.2. The largest absolute Gasteiger partial charge is 0.469 e. The highest BCUT2D eigenvalue weighted by Gasteiger charge is 2.31. The van der Waals surface area contributed by atoms with Gasteiger partial charge in [0.2, 0.25) is 0 Å². The van der Waals surface area contributed by atoms with Gasteiger partial charge in [-0.05, 0) is 40.0 Å². The van der Waals surface area contributed by atoms with Gasteiger partial charge in [-0.25, -0.2) is 9.59 Å². The summed E-state index contributed by atoms with van der Waals surface area (Å²) in [4.78, 5) is 36.0. The molecule has 0 aliphatic rings. The second kappa shape index (κ2) is 12.5. The van der Waals surface area contributed by atoms with Crippen molar-refractivity contribution < 1.29 is 33.0 Å². The predicted octanol–water partition coefficient (Wildman–Crippen LogP) is 3.15. The zero-order valence-corrected chi connectivity index (χ0v) is 16.4. The summed E-state index contributed by atoms with van der Waals surface area (Å²) in [5, 5.41) is 2.45. The number of carbonyl (C=O) groups excluding carboxylic acids is 3. The number of nitrogens with one attached hydrogen (secondary N) is 1.